The van der Waals surface area contributed by atoms with E-state index in [4.69, 9.17) is 10.3 Å². The van der Waals surface area contributed by atoms with Gasteiger partial charge in [-0.2, -0.15) is 0 Å². The van der Waals surface area contributed by atoms with E-state index in [1.165, 1.54) is 28.0 Å². The zero-order valence-electron chi connectivity index (χ0n) is 19.9. The van der Waals surface area contributed by atoms with Crippen LogP contribution in [0.3, 0.4) is 0 Å². The third kappa shape index (κ3) is 5.45. The van der Waals surface area contributed by atoms with Crippen molar-refractivity contribution < 1.29 is 23.3 Å². The van der Waals surface area contributed by atoms with Crippen molar-refractivity contribution in [2.45, 2.75) is 64.2 Å². The lowest BCUT2D eigenvalue weighted by molar-refractivity contribution is -0.133. The molecule has 2 heterocycles. The van der Waals surface area contributed by atoms with Crippen LogP contribution in [0.15, 0.2) is 28.8 Å². The Hall–Kier alpha value is -3.47. The SMILES string of the molecule is Cc1noc(C)c1C(=O)N1CCCN(C(=O)Nc2cccc(F)c2)C1C(=O)NC1CCC(N)CC1. The summed E-state index contributed by atoms with van der Waals surface area (Å²) in [5.74, 6) is -1.04. The maximum atomic E-state index is 13.6. The smallest absolute Gasteiger partial charge is 0.323 e. The number of halogens is 1. The molecule has 1 saturated heterocycles. The molecule has 0 radical (unpaired) electrons. The van der Waals surface area contributed by atoms with Crippen LogP contribution >= 0.6 is 0 Å². The topological polar surface area (TPSA) is 134 Å². The molecule has 2 aromatic rings. The van der Waals surface area contributed by atoms with Crippen LogP contribution in [0, 0.1) is 19.7 Å². The van der Waals surface area contributed by atoms with E-state index in [-0.39, 0.29) is 36.4 Å². The maximum absolute atomic E-state index is 13.6. The third-order valence-electron chi connectivity index (χ3n) is 6.59. The molecular weight excluding hydrogens is 455 g/mol. The van der Waals surface area contributed by atoms with Gasteiger partial charge in [0.05, 0.1) is 5.69 Å². The number of benzene rings is 1. The third-order valence-corrected chi connectivity index (χ3v) is 6.59. The van der Waals surface area contributed by atoms with Crippen molar-refractivity contribution in [1.29, 1.82) is 0 Å². The van der Waals surface area contributed by atoms with Gasteiger partial charge in [0.15, 0.2) is 6.17 Å². The standard InChI is InChI=1S/C24H31FN6O4/c1-14-20(15(2)35-29-14)23(33)30-11-4-12-31(24(34)28-19-6-3-5-16(25)13-19)22(30)21(32)27-18-9-7-17(26)8-10-18/h3,5-6,13,17-18,22H,4,7-12,26H2,1-2H3,(H,27,32)(H,28,34). The van der Waals surface area contributed by atoms with Gasteiger partial charge < -0.3 is 25.8 Å². The van der Waals surface area contributed by atoms with Crippen LogP contribution in [0.4, 0.5) is 14.9 Å². The van der Waals surface area contributed by atoms with Crippen molar-refractivity contribution in [1.82, 2.24) is 20.3 Å². The minimum Gasteiger partial charge on any atom is -0.361 e. The fourth-order valence-corrected chi connectivity index (χ4v) is 4.77. The van der Waals surface area contributed by atoms with E-state index in [1.807, 2.05) is 0 Å². The Morgan fingerprint density at radius 3 is 2.49 bits per heavy atom. The van der Waals surface area contributed by atoms with Crippen LogP contribution < -0.4 is 16.4 Å². The van der Waals surface area contributed by atoms with Gasteiger partial charge in [-0.15, -0.1) is 0 Å². The molecule has 0 bridgehead atoms. The Balaban J connectivity index is 1.61. The van der Waals surface area contributed by atoms with Gasteiger partial charge >= 0.3 is 6.03 Å². The number of nitrogens with two attached hydrogens (primary N) is 1. The first-order chi connectivity index (χ1) is 16.7. The van der Waals surface area contributed by atoms with Gasteiger partial charge in [-0.25, -0.2) is 9.18 Å². The molecule has 4 amide bonds. The Kier molecular flexibility index (Phi) is 7.34. The van der Waals surface area contributed by atoms with Crippen molar-refractivity contribution in [2.75, 3.05) is 18.4 Å². The summed E-state index contributed by atoms with van der Waals surface area (Å²) in [7, 11) is 0. The number of rotatable bonds is 4. The number of urea groups is 1. The molecule has 2 aliphatic rings. The second kappa shape index (κ2) is 10.4. The molecule has 1 aromatic carbocycles. The largest absolute Gasteiger partial charge is 0.361 e. The Morgan fingerprint density at radius 1 is 1.11 bits per heavy atom. The van der Waals surface area contributed by atoms with Crippen molar-refractivity contribution in [3.8, 4) is 0 Å². The number of hydrogen-bond acceptors (Lipinski definition) is 6. The first-order valence-electron chi connectivity index (χ1n) is 11.9. The molecule has 1 unspecified atom stereocenters. The number of hydrogen-bond donors (Lipinski definition) is 3. The summed E-state index contributed by atoms with van der Waals surface area (Å²) >= 11 is 0. The van der Waals surface area contributed by atoms with Crippen LogP contribution in [0.2, 0.25) is 0 Å². The molecule has 1 aliphatic carbocycles. The van der Waals surface area contributed by atoms with Gasteiger partial charge in [-0.05, 0) is 64.2 Å². The highest BCUT2D eigenvalue weighted by Gasteiger charge is 2.42. The monoisotopic (exact) mass is 486 g/mol. The Morgan fingerprint density at radius 2 is 1.83 bits per heavy atom. The fraction of sp³-hybridized carbons (Fsp3) is 0.500. The van der Waals surface area contributed by atoms with Gasteiger partial charge in [0.1, 0.15) is 17.1 Å². The van der Waals surface area contributed by atoms with Gasteiger partial charge in [0.25, 0.3) is 11.8 Å². The molecule has 0 spiro atoms. The van der Waals surface area contributed by atoms with E-state index in [0.717, 1.165) is 25.7 Å². The van der Waals surface area contributed by atoms with Crippen molar-refractivity contribution in [3.05, 3.63) is 47.1 Å². The average molecular weight is 487 g/mol. The van der Waals surface area contributed by atoms with E-state index in [1.54, 1.807) is 19.9 Å². The number of anilines is 1. The molecule has 1 saturated carbocycles. The fourth-order valence-electron chi connectivity index (χ4n) is 4.77. The highest BCUT2D eigenvalue weighted by Crippen LogP contribution is 2.24. The summed E-state index contributed by atoms with van der Waals surface area (Å²) in [6.07, 6.45) is 2.32. The number of aromatic nitrogens is 1. The van der Waals surface area contributed by atoms with Crippen LogP contribution in [0.25, 0.3) is 0 Å². The summed E-state index contributed by atoms with van der Waals surface area (Å²) in [5, 5.41) is 9.52. The predicted molar refractivity (Wildman–Crippen MR) is 126 cm³/mol. The van der Waals surface area contributed by atoms with Gasteiger partial charge in [-0.1, -0.05) is 11.2 Å². The minimum absolute atomic E-state index is 0.0895. The number of aryl methyl sites for hydroxylation is 2. The molecule has 2 fully saturated rings. The van der Waals surface area contributed by atoms with E-state index in [9.17, 15) is 18.8 Å². The summed E-state index contributed by atoms with van der Waals surface area (Å²) in [4.78, 5) is 43.1. The zero-order chi connectivity index (χ0) is 25.1. The van der Waals surface area contributed by atoms with Crippen LogP contribution in [0.1, 0.15) is 53.9 Å². The van der Waals surface area contributed by atoms with Crippen LogP contribution in [-0.4, -0.2) is 64.1 Å². The van der Waals surface area contributed by atoms with Crippen molar-refractivity contribution >= 4 is 23.5 Å². The summed E-state index contributed by atoms with van der Waals surface area (Å²) < 4.78 is 18.8. The minimum atomic E-state index is -1.19. The summed E-state index contributed by atoms with van der Waals surface area (Å²) in [6.45, 7) is 3.81. The summed E-state index contributed by atoms with van der Waals surface area (Å²) in [6, 6.07) is 4.92. The van der Waals surface area contributed by atoms with Crippen LogP contribution in [0.5, 0.6) is 0 Å². The van der Waals surface area contributed by atoms with Crippen molar-refractivity contribution in [2.24, 2.45) is 5.73 Å². The van der Waals surface area contributed by atoms with E-state index in [0.29, 0.717) is 17.9 Å². The van der Waals surface area contributed by atoms with Crippen molar-refractivity contribution in [3.63, 3.8) is 0 Å². The molecule has 11 heteroatoms. The highest BCUT2D eigenvalue weighted by molar-refractivity contribution is 6.01. The molecule has 1 atom stereocenters. The summed E-state index contributed by atoms with van der Waals surface area (Å²) in [5.41, 5.74) is 6.93. The number of amides is 4. The quantitative estimate of drug-likeness (QED) is 0.608. The maximum Gasteiger partial charge on any atom is 0.323 e. The van der Waals surface area contributed by atoms with E-state index in [2.05, 4.69) is 15.8 Å². The molecule has 1 aromatic heterocycles. The first-order valence-corrected chi connectivity index (χ1v) is 11.9. The Bertz CT molecular complexity index is 1080. The lowest BCUT2D eigenvalue weighted by Crippen LogP contribution is -2.65. The first kappa shape index (κ1) is 24.6. The molecule has 4 rings (SSSR count). The van der Waals surface area contributed by atoms with E-state index >= 15 is 0 Å². The highest BCUT2D eigenvalue weighted by atomic mass is 19.1. The molecular formula is C24H31FN6O4. The number of carbonyl (C=O) groups is 3. The lowest BCUT2D eigenvalue weighted by Gasteiger charge is -2.43. The van der Waals surface area contributed by atoms with Gasteiger partial charge in [-0.3, -0.25) is 14.5 Å². The molecule has 35 heavy (non-hydrogen) atoms. The lowest BCUT2D eigenvalue weighted by atomic mass is 9.91. The number of carbonyl (C=O) groups excluding carboxylic acids is 3. The van der Waals surface area contributed by atoms with Gasteiger partial charge in [0.2, 0.25) is 0 Å². The second-order valence-corrected chi connectivity index (χ2v) is 9.18. The average Bonchev–Trinajstić information content (AvgIpc) is 3.17. The molecule has 188 valence electrons. The van der Waals surface area contributed by atoms with Crippen LogP contribution in [-0.2, 0) is 4.79 Å². The van der Waals surface area contributed by atoms with E-state index < -0.39 is 29.8 Å². The molecule has 1 aliphatic heterocycles. The second-order valence-electron chi connectivity index (χ2n) is 9.18. The predicted octanol–water partition coefficient (Wildman–Crippen LogP) is 2.52. The normalized spacial score (nSPS) is 22.6. The molecule has 4 N–H and O–H groups in total. The van der Waals surface area contributed by atoms with Gasteiger partial charge in [0, 0.05) is 30.9 Å². The number of nitrogens with zero attached hydrogens (tertiary/aromatic N) is 3. The zero-order valence-corrected chi connectivity index (χ0v) is 19.9. The molecule has 10 nitrogen and oxygen atoms in total. The Labute approximate surface area is 203 Å². The number of nitrogens with one attached hydrogen (secondary N) is 2.